The minimum Gasteiger partial charge on any atom is -0.495 e. The smallest absolute Gasteiger partial charge is 0.265 e. The van der Waals surface area contributed by atoms with Crippen LogP contribution in [0.3, 0.4) is 0 Å². The van der Waals surface area contributed by atoms with Gasteiger partial charge in [-0.15, -0.1) is 0 Å². The standard InChI is InChI=1S/C14H12Cl3NO5S2/c1-8-11(5-4-10(15)14(8)16)18-25(21,22)13-7-9(24(17,19)20)3-6-12(13)23-2/h3-7,18H,1-2H3. The van der Waals surface area contributed by atoms with E-state index in [1.165, 1.54) is 25.3 Å². The molecule has 1 N–H and O–H groups in total. The molecule has 6 nitrogen and oxygen atoms in total. The van der Waals surface area contributed by atoms with Crippen LogP contribution in [0.2, 0.25) is 10.0 Å². The van der Waals surface area contributed by atoms with Crippen LogP contribution >= 0.6 is 33.9 Å². The molecule has 0 aliphatic carbocycles. The van der Waals surface area contributed by atoms with E-state index in [9.17, 15) is 16.8 Å². The second-order valence-electron chi connectivity index (χ2n) is 4.89. The Hall–Kier alpha value is -1.19. The molecule has 0 saturated heterocycles. The molecule has 0 aliphatic rings. The summed E-state index contributed by atoms with van der Waals surface area (Å²) in [5, 5.41) is 0.473. The third kappa shape index (κ3) is 4.32. The third-order valence-corrected chi connectivity index (χ3v) is 6.93. The number of rotatable bonds is 5. The van der Waals surface area contributed by atoms with Gasteiger partial charge in [0.25, 0.3) is 19.1 Å². The molecule has 0 bridgehead atoms. The number of hydrogen-bond donors (Lipinski definition) is 1. The van der Waals surface area contributed by atoms with Crippen molar-refractivity contribution < 1.29 is 21.6 Å². The van der Waals surface area contributed by atoms with E-state index in [2.05, 4.69) is 4.72 Å². The monoisotopic (exact) mass is 443 g/mol. The van der Waals surface area contributed by atoms with Crippen molar-refractivity contribution in [2.24, 2.45) is 0 Å². The Bertz CT molecular complexity index is 1040. The first-order chi connectivity index (χ1) is 11.5. The highest BCUT2D eigenvalue weighted by molar-refractivity contribution is 8.13. The zero-order valence-electron chi connectivity index (χ0n) is 12.9. The second kappa shape index (κ2) is 7.20. The Kier molecular flexibility index (Phi) is 5.80. The quantitative estimate of drug-likeness (QED) is 0.703. The Labute approximate surface area is 160 Å². The molecular formula is C14H12Cl3NO5S2. The van der Waals surface area contributed by atoms with Crippen LogP contribution in [0.15, 0.2) is 40.1 Å². The Morgan fingerprint density at radius 1 is 1.04 bits per heavy atom. The van der Waals surface area contributed by atoms with Crippen LogP contribution in [0.5, 0.6) is 5.75 Å². The van der Waals surface area contributed by atoms with Gasteiger partial charge in [0.1, 0.15) is 10.6 Å². The van der Waals surface area contributed by atoms with Crippen LogP contribution in [-0.4, -0.2) is 23.9 Å². The molecule has 136 valence electrons. The molecule has 0 radical (unpaired) electrons. The first-order valence-corrected chi connectivity index (χ1v) is 11.1. The van der Waals surface area contributed by atoms with Crippen LogP contribution in [0.25, 0.3) is 0 Å². The van der Waals surface area contributed by atoms with Gasteiger partial charge >= 0.3 is 0 Å². The fourth-order valence-electron chi connectivity index (χ4n) is 1.98. The van der Waals surface area contributed by atoms with Gasteiger partial charge in [-0.1, -0.05) is 23.2 Å². The van der Waals surface area contributed by atoms with Crippen molar-refractivity contribution in [3.05, 3.63) is 45.9 Å². The summed E-state index contributed by atoms with van der Waals surface area (Å²) in [6.45, 7) is 1.59. The van der Waals surface area contributed by atoms with Gasteiger partial charge in [-0.2, -0.15) is 0 Å². The fourth-order valence-corrected chi connectivity index (χ4v) is 4.52. The van der Waals surface area contributed by atoms with E-state index < -0.39 is 19.1 Å². The highest BCUT2D eigenvalue weighted by Gasteiger charge is 2.24. The molecule has 2 aromatic carbocycles. The molecule has 0 unspecified atom stereocenters. The number of sulfonamides is 1. The lowest BCUT2D eigenvalue weighted by Crippen LogP contribution is -2.15. The Morgan fingerprint density at radius 2 is 1.68 bits per heavy atom. The van der Waals surface area contributed by atoms with Crippen LogP contribution in [0.1, 0.15) is 5.56 Å². The summed E-state index contributed by atoms with van der Waals surface area (Å²) in [5.74, 6) is -0.0470. The van der Waals surface area contributed by atoms with Crippen molar-refractivity contribution in [2.75, 3.05) is 11.8 Å². The zero-order valence-corrected chi connectivity index (χ0v) is 16.8. The predicted octanol–water partition coefficient (Wildman–Crippen LogP) is 4.04. The molecule has 0 spiro atoms. The highest BCUT2D eigenvalue weighted by Crippen LogP contribution is 2.34. The van der Waals surface area contributed by atoms with Crippen molar-refractivity contribution in [3.8, 4) is 5.75 Å². The number of nitrogens with one attached hydrogen (secondary N) is 1. The predicted molar refractivity (Wildman–Crippen MR) is 98.0 cm³/mol. The van der Waals surface area contributed by atoms with E-state index in [1.54, 1.807) is 6.92 Å². The second-order valence-corrected chi connectivity index (χ2v) is 9.89. The number of benzene rings is 2. The third-order valence-electron chi connectivity index (χ3n) is 3.29. The van der Waals surface area contributed by atoms with Crippen molar-refractivity contribution in [1.82, 2.24) is 0 Å². The average Bonchev–Trinajstić information content (AvgIpc) is 2.54. The maximum absolute atomic E-state index is 12.7. The number of anilines is 1. The van der Waals surface area contributed by atoms with Crippen molar-refractivity contribution in [1.29, 1.82) is 0 Å². The summed E-state index contributed by atoms with van der Waals surface area (Å²) in [5.41, 5.74) is 0.605. The van der Waals surface area contributed by atoms with Gasteiger partial charge in [0.15, 0.2) is 0 Å². The molecule has 2 rings (SSSR count). The topological polar surface area (TPSA) is 89.5 Å². The molecule has 25 heavy (non-hydrogen) atoms. The molecule has 0 aromatic heterocycles. The lowest BCUT2D eigenvalue weighted by atomic mass is 10.2. The average molecular weight is 445 g/mol. The maximum atomic E-state index is 12.7. The molecule has 0 atom stereocenters. The van der Waals surface area contributed by atoms with Crippen molar-refractivity contribution in [2.45, 2.75) is 16.7 Å². The number of methoxy groups -OCH3 is 1. The van der Waals surface area contributed by atoms with Gasteiger partial charge in [0, 0.05) is 10.7 Å². The van der Waals surface area contributed by atoms with Crippen molar-refractivity contribution in [3.63, 3.8) is 0 Å². The minimum atomic E-state index is -4.19. The van der Waals surface area contributed by atoms with Gasteiger partial charge in [0.2, 0.25) is 0 Å². The molecule has 0 aliphatic heterocycles. The van der Waals surface area contributed by atoms with E-state index in [0.717, 1.165) is 12.1 Å². The molecule has 0 saturated carbocycles. The van der Waals surface area contributed by atoms with E-state index >= 15 is 0 Å². The maximum Gasteiger partial charge on any atom is 0.265 e. The molecule has 0 heterocycles. The van der Waals surface area contributed by atoms with E-state index in [0.29, 0.717) is 5.56 Å². The summed E-state index contributed by atoms with van der Waals surface area (Å²) in [6.07, 6.45) is 0. The molecular weight excluding hydrogens is 433 g/mol. The van der Waals surface area contributed by atoms with Crippen molar-refractivity contribution >= 4 is 58.6 Å². The van der Waals surface area contributed by atoms with Crippen LogP contribution in [0.4, 0.5) is 5.69 Å². The summed E-state index contributed by atoms with van der Waals surface area (Å²) >= 11 is 11.9. The van der Waals surface area contributed by atoms with Gasteiger partial charge in [-0.05, 0) is 42.8 Å². The first-order valence-electron chi connectivity index (χ1n) is 6.57. The van der Waals surface area contributed by atoms with Crippen LogP contribution < -0.4 is 9.46 Å². The van der Waals surface area contributed by atoms with Crippen LogP contribution in [0, 0.1) is 6.92 Å². The number of halogens is 3. The fraction of sp³-hybridized carbons (Fsp3) is 0.143. The minimum absolute atomic E-state index is 0.0470. The zero-order chi connectivity index (χ0) is 19.0. The lowest BCUT2D eigenvalue weighted by Gasteiger charge is -2.15. The van der Waals surface area contributed by atoms with Gasteiger partial charge in [-0.25, -0.2) is 16.8 Å². The van der Waals surface area contributed by atoms with E-state index in [1.807, 2.05) is 0 Å². The summed E-state index contributed by atoms with van der Waals surface area (Å²) < 4.78 is 55.7. The van der Waals surface area contributed by atoms with Gasteiger partial charge in [-0.3, -0.25) is 4.72 Å². The molecule has 2 aromatic rings. The largest absolute Gasteiger partial charge is 0.495 e. The molecule has 0 amide bonds. The normalized spacial score (nSPS) is 12.0. The Morgan fingerprint density at radius 3 is 2.24 bits per heavy atom. The number of hydrogen-bond acceptors (Lipinski definition) is 5. The first kappa shape index (κ1) is 20.1. The molecule has 11 heteroatoms. The van der Waals surface area contributed by atoms with Gasteiger partial charge < -0.3 is 4.74 Å². The summed E-state index contributed by atoms with van der Waals surface area (Å²) in [6, 6.07) is 6.13. The van der Waals surface area contributed by atoms with E-state index in [4.69, 9.17) is 38.6 Å². The lowest BCUT2D eigenvalue weighted by molar-refractivity contribution is 0.402. The van der Waals surface area contributed by atoms with E-state index in [-0.39, 0.29) is 31.3 Å². The summed E-state index contributed by atoms with van der Waals surface area (Å²) in [4.78, 5) is -0.761. The SMILES string of the molecule is COc1ccc(S(=O)(=O)Cl)cc1S(=O)(=O)Nc1ccc(Cl)c(Cl)c1C. The molecule has 0 fully saturated rings. The number of ether oxygens (including phenoxy) is 1. The van der Waals surface area contributed by atoms with Crippen LogP contribution in [-0.2, 0) is 19.1 Å². The summed E-state index contributed by atoms with van der Waals surface area (Å²) in [7, 11) is -1.77. The Balaban J connectivity index is 2.58. The highest BCUT2D eigenvalue weighted by atomic mass is 35.7. The van der Waals surface area contributed by atoms with Gasteiger partial charge in [0.05, 0.1) is 27.7 Å².